The van der Waals surface area contributed by atoms with Crippen LogP contribution < -0.4 is 5.32 Å². The summed E-state index contributed by atoms with van der Waals surface area (Å²) >= 11 is 0. The van der Waals surface area contributed by atoms with Crippen molar-refractivity contribution in [3.8, 4) is 11.4 Å². The van der Waals surface area contributed by atoms with Crippen LogP contribution in [-0.2, 0) is 7.05 Å². The van der Waals surface area contributed by atoms with Gasteiger partial charge in [0.25, 0.3) is 5.91 Å². The molecule has 0 bridgehead atoms. The second kappa shape index (κ2) is 5.62. The summed E-state index contributed by atoms with van der Waals surface area (Å²) in [5.41, 5.74) is 2.13. The molecule has 0 radical (unpaired) electrons. The number of para-hydroxylation sites is 1. The van der Waals surface area contributed by atoms with Crippen molar-refractivity contribution in [2.24, 2.45) is 7.05 Å². The van der Waals surface area contributed by atoms with E-state index < -0.39 is 0 Å². The van der Waals surface area contributed by atoms with Crippen molar-refractivity contribution in [1.29, 1.82) is 0 Å². The lowest BCUT2D eigenvalue weighted by Crippen LogP contribution is -2.10. The number of nitrogens with zero attached hydrogens (tertiary/aromatic N) is 4. The number of carbonyl (C=O) groups is 1. The zero-order chi connectivity index (χ0) is 16.5. The van der Waals surface area contributed by atoms with Crippen molar-refractivity contribution in [3.63, 3.8) is 0 Å². The van der Waals surface area contributed by atoms with Crippen LogP contribution in [0.4, 0.5) is 5.69 Å². The van der Waals surface area contributed by atoms with Gasteiger partial charge in [0.15, 0.2) is 11.6 Å². The molecule has 7 heteroatoms. The minimum absolute atomic E-state index is 0.266. The quantitative estimate of drug-likeness (QED) is 0.627. The van der Waals surface area contributed by atoms with Crippen molar-refractivity contribution < 1.29 is 9.21 Å². The summed E-state index contributed by atoms with van der Waals surface area (Å²) in [6, 6.07) is 16.5. The molecule has 4 aromatic rings. The monoisotopic (exact) mass is 319 g/mol. The molecule has 0 saturated carbocycles. The molecular formula is C17H13N5O2. The van der Waals surface area contributed by atoms with E-state index in [1.54, 1.807) is 23.9 Å². The normalized spacial score (nSPS) is 10.9. The lowest BCUT2D eigenvalue weighted by atomic mass is 10.2. The standard InChI is InChI=1S/C17H13N5O2/c1-22-16(19-20-21-22)12-6-4-7-13(9-12)18-17(23)15-10-11-5-2-3-8-14(11)24-15/h2-10H,1H3,(H,18,23). The Balaban J connectivity index is 1.61. The number of furan rings is 1. The molecule has 1 N–H and O–H groups in total. The SMILES string of the molecule is Cn1nnnc1-c1cccc(NC(=O)c2cc3ccccc3o2)c1. The van der Waals surface area contributed by atoms with E-state index in [0.717, 1.165) is 10.9 Å². The molecule has 0 aliphatic heterocycles. The van der Waals surface area contributed by atoms with Gasteiger partial charge in [-0.2, -0.15) is 0 Å². The number of hydrogen-bond acceptors (Lipinski definition) is 5. The third-order valence-corrected chi connectivity index (χ3v) is 3.65. The number of amides is 1. The molecule has 2 aromatic carbocycles. The second-order valence-corrected chi connectivity index (χ2v) is 5.31. The van der Waals surface area contributed by atoms with E-state index in [2.05, 4.69) is 20.8 Å². The second-order valence-electron chi connectivity index (χ2n) is 5.31. The van der Waals surface area contributed by atoms with Crippen LogP contribution in [0.15, 0.2) is 59.0 Å². The summed E-state index contributed by atoms with van der Waals surface area (Å²) < 4.78 is 7.14. The largest absolute Gasteiger partial charge is 0.451 e. The Morgan fingerprint density at radius 3 is 2.79 bits per heavy atom. The van der Waals surface area contributed by atoms with Crippen LogP contribution in [-0.4, -0.2) is 26.1 Å². The molecule has 0 atom stereocenters. The lowest BCUT2D eigenvalue weighted by Gasteiger charge is -2.05. The first-order valence-corrected chi connectivity index (χ1v) is 7.33. The maximum atomic E-state index is 12.4. The number of nitrogens with one attached hydrogen (secondary N) is 1. The number of rotatable bonds is 3. The van der Waals surface area contributed by atoms with Gasteiger partial charge in [0.05, 0.1) is 0 Å². The predicted octanol–water partition coefficient (Wildman–Crippen LogP) is 2.88. The van der Waals surface area contributed by atoms with Gasteiger partial charge in [0.2, 0.25) is 0 Å². The van der Waals surface area contributed by atoms with Crippen LogP contribution in [0.1, 0.15) is 10.6 Å². The lowest BCUT2D eigenvalue weighted by molar-refractivity contribution is 0.0998. The molecule has 7 nitrogen and oxygen atoms in total. The van der Waals surface area contributed by atoms with Gasteiger partial charge in [0.1, 0.15) is 5.58 Å². The zero-order valence-electron chi connectivity index (χ0n) is 12.8. The van der Waals surface area contributed by atoms with E-state index in [0.29, 0.717) is 17.1 Å². The molecule has 2 aromatic heterocycles. The Labute approximate surface area is 136 Å². The molecule has 4 rings (SSSR count). The van der Waals surface area contributed by atoms with Crippen LogP contribution in [0.2, 0.25) is 0 Å². The van der Waals surface area contributed by atoms with Crippen LogP contribution >= 0.6 is 0 Å². The van der Waals surface area contributed by atoms with E-state index in [1.807, 2.05) is 42.5 Å². The Morgan fingerprint density at radius 1 is 1.12 bits per heavy atom. The van der Waals surface area contributed by atoms with Crippen LogP contribution in [0, 0.1) is 0 Å². The molecular weight excluding hydrogens is 306 g/mol. The van der Waals surface area contributed by atoms with Crippen molar-refractivity contribution in [2.45, 2.75) is 0 Å². The van der Waals surface area contributed by atoms with Crippen molar-refractivity contribution in [3.05, 3.63) is 60.4 Å². The number of hydrogen-bond donors (Lipinski definition) is 1. The van der Waals surface area contributed by atoms with Gasteiger partial charge in [-0.05, 0) is 34.7 Å². The molecule has 2 heterocycles. The van der Waals surface area contributed by atoms with Crippen LogP contribution in [0.25, 0.3) is 22.4 Å². The van der Waals surface area contributed by atoms with E-state index in [4.69, 9.17) is 4.42 Å². The molecule has 0 spiro atoms. The number of anilines is 1. The molecule has 118 valence electrons. The zero-order valence-corrected chi connectivity index (χ0v) is 12.8. The predicted molar refractivity (Wildman–Crippen MR) is 88.4 cm³/mol. The first kappa shape index (κ1) is 14.1. The fourth-order valence-corrected chi connectivity index (χ4v) is 2.50. The number of aromatic nitrogens is 4. The molecule has 0 unspecified atom stereocenters. The third-order valence-electron chi connectivity index (χ3n) is 3.65. The topological polar surface area (TPSA) is 85.8 Å². The summed E-state index contributed by atoms with van der Waals surface area (Å²) in [7, 11) is 1.76. The van der Waals surface area contributed by atoms with Gasteiger partial charge in [-0.3, -0.25) is 4.79 Å². The average molecular weight is 319 g/mol. The maximum Gasteiger partial charge on any atom is 0.291 e. The van der Waals surface area contributed by atoms with Gasteiger partial charge in [0, 0.05) is 23.7 Å². The minimum atomic E-state index is -0.306. The summed E-state index contributed by atoms with van der Waals surface area (Å²) in [6.07, 6.45) is 0. The minimum Gasteiger partial charge on any atom is -0.451 e. The Kier molecular flexibility index (Phi) is 3.31. The molecule has 0 aliphatic rings. The van der Waals surface area contributed by atoms with E-state index in [9.17, 15) is 4.79 Å². The van der Waals surface area contributed by atoms with Crippen molar-refractivity contribution in [2.75, 3.05) is 5.32 Å². The fraction of sp³-hybridized carbons (Fsp3) is 0.0588. The van der Waals surface area contributed by atoms with Crippen LogP contribution in [0.3, 0.4) is 0 Å². The Bertz CT molecular complexity index is 1000. The number of tetrazole rings is 1. The first-order chi connectivity index (χ1) is 11.7. The highest BCUT2D eigenvalue weighted by Gasteiger charge is 2.13. The number of benzene rings is 2. The van der Waals surface area contributed by atoms with Gasteiger partial charge in [-0.1, -0.05) is 30.3 Å². The number of aryl methyl sites for hydroxylation is 1. The van der Waals surface area contributed by atoms with Gasteiger partial charge in [-0.25, -0.2) is 4.68 Å². The first-order valence-electron chi connectivity index (χ1n) is 7.33. The molecule has 1 amide bonds. The Morgan fingerprint density at radius 2 is 2.00 bits per heavy atom. The molecule has 0 aliphatic carbocycles. The summed E-state index contributed by atoms with van der Waals surface area (Å²) in [4.78, 5) is 12.4. The number of carbonyl (C=O) groups excluding carboxylic acids is 1. The molecule has 0 fully saturated rings. The highest BCUT2D eigenvalue weighted by Crippen LogP contribution is 2.22. The smallest absolute Gasteiger partial charge is 0.291 e. The maximum absolute atomic E-state index is 12.4. The van der Waals surface area contributed by atoms with Gasteiger partial charge < -0.3 is 9.73 Å². The molecule has 24 heavy (non-hydrogen) atoms. The number of fused-ring (bicyclic) bond motifs is 1. The highest BCUT2D eigenvalue weighted by atomic mass is 16.3. The van der Waals surface area contributed by atoms with Crippen molar-refractivity contribution >= 4 is 22.6 Å². The summed E-state index contributed by atoms with van der Waals surface area (Å²) in [5.74, 6) is 0.580. The van der Waals surface area contributed by atoms with Crippen LogP contribution in [0.5, 0.6) is 0 Å². The highest BCUT2D eigenvalue weighted by molar-refractivity contribution is 6.04. The third kappa shape index (κ3) is 2.52. The fourth-order valence-electron chi connectivity index (χ4n) is 2.50. The summed E-state index contributed by atoms with van der Waals surface area (Å²) in [5, 5.41) is 15.1. The summed E-state index contributed by atoms with van der Waals surface area (Å²) in [6.45, 7) is 0. The van der Waals surface area contributed by atoms with Gasteiger partial charge in [-0.15, -0.1) is 5.10 Å². The average Bonchev–Trinajstić information content (AvgIpc) is 3.21. The van der Waals surface area contributed by atoms with E-state index >= 15 is 0 Å². The Hall–Kier alpha value is -3.48. The molecule has 0 saturated heterocycles. The van der Waals surface area contributed by atoms with E-state index in [-0.39, 0.29) is 11.7 Å². The van der Waals surface area contributed by atoms with Crippen molar-refractivity contribution in [1.82, 2.24) is 20.2 Å². The van der Waals surface area contributed by atoms with Gasteiger partial charge >= 0.3 is 0 Å². The van der Waals surface area contributed by atoms with E-state index in [1.165, 1.54) is 0 Å².